The third-order valence-electron chi connectivity index (χ3n) is 3.14. The van der Waals surface area contributed by atoms with E-state index in [0.29, 0.717) is 17.3 Å². The zero-order valence-electron chi connectivity index (χ0n) is 11.3. The Morgan fingerprint density at radius 3 is 2.60 bits per heavy atom. The van der Waals surface area contributed by atoms with Gasteiger partial charge in [0.2, 0.25) is 0 Å². The van der Waals surface area contributed by atoms with E-state index in [1.165, 1.54) is 28.8 Å². The molecule has 0 amide bonds. The first-order chi connectivity index (χ1) is 9.47. The van der Waals surface area contributed by atoms with E-state index in [-0.39, 0.29) is 5.69 Å². The lowest BCUT2D eigenvalue weighted by molar-refractivity contribution is -0.384. The standard InChI is InChI=1S/C15H15ClN2O2/c1-10-3-4-11(2)12(7-10)9-17-15-6-5-13(18(19)20)8-14(15)16/h3-8,17H,9H2,1-2H3. The SMILES string of the molecule is Cc1ccc(C)c(CNc2ccc([N+](=O)[O-])cc2Cl)c1. The van der Waals surface area contributed by atoms with Crippen LogP contribution in [-0.4, -0.2) is 4.92 Å². The van der Waals surface area contributed by atoms with Crippen molar-refractivity contribution in [3.8, 4) is 0 Å². The molecular weight excluding hydrogens is 276 g/mol. The van der Waals surface area contributed by atoms with E-state index < -0.39 is 4.92 Å². The van der Waals surface area contributed by atoms with Crippen molar-refractivity contribution in [2.75, 3.05) is 5.32 Å². The van der Waals surface area contributed by atoms with Gasteiger partial charge in [0.05, 0.1) is 15.6 Å². The number of nitro groups is 1. The highest BCUT2D eigenvalue weighted by Crippen LogP contribution is 2.27. The highest BCUT2D eigenvalue weighted by atomic mass is 35.5. The van der Waals surface area contributed by atoms with Crippen LogP contribution in [-0.2, 0) is 6.54 Å². The Morgan fingerprint density at radius 2 is 1.95 bits per heavy atom. The number of rotatable bonds is 4. The molecule has 2 aromatic carbocycles. The van der Waals surface area contributed by atoms with Gasteiger partial charge in [0, 0.05) is 18.7 Å². The maximum Gasteiger partial charge on any atom is 0.271 e. The van der Waals surface area contributed by atoms with Crippen LogP contribution >= 0.6 is 11.6 Å². The van der Waals surface area contributed by atoms with Gasteiger partial charge in [0.1, 0.15) is 0 Å². The molecule has 0 bridgehead atoms. The van der Waals surface area contributed by atoms with Crippen LogP contribution in [0.3, 0.4) is 0 Å². The molecule has 0 aromatic heterocycles. The van der Waals surface area contributed by atoms with E-state index in [4.69, 9.17) is 11.6 Å². The van der Waals surface area contributed by atoms with Crippen molar-refractivity contribution in [1.82, 2.24) is 0 Å². The van der Waals surface area contributed by atoms with Gasteiger partial charge in [-0.05, 0) is 31.0 Å². The van der Waals surface area contributed by atoms with Crippen molar-refractivity contribution < 1.29 is 4.92 Å². The Bertz CT molecular complexity index is 656. The van der Waals surface area contributed by atoms with E-state index in [1.54, 1.807) is 6.07 Å². The molecule has 104 valence electrons. The molecule has 4 nitrogen and oxygen atoms in total. The van der Waals surface area contributed by atoms with Crippen LogP contribution < -0.4 is 5.32 Å². The first-order valence-corrected chi connectivity index (χ1v) is 6.59. The molecule has 0 saturated heterocycles. The lowest BCUT2D eigenvalue weighted by Gasteiger charge is -2.11. The fourth-order valence-electron chi connectivity index (χ4n) is 1.94. The van der Waals surface area contributed by atoms with Crippen molar-refractivity contribution in [3.63, 3.8) is 0 Å². The first kappa shape index (κ1) is 14.3. The average Bonchev–Trinajstić information content (AvgIpc) is 2.40. The summed E-state index contributed by atoms with van der Waals surface area (Å²) in [6.45, 7) is 4.72. The average molecular weight is 291 g/mol. The molecule has 0 atom stereocenters. The molecule has 2 aromatic rings. The molecule has 0 saturated carbocycles. The van der Waals surface area contributed by atoms with Crippen LogP contribution in [0.25, 0.3) is 0 Å². The monoisotopic (exact) mass is 290 g/mol. The quantitative estimate of drug-likeness (QED) is 0.667. The molecule has 5 heteroatoms. The number of nitro benzene ring substituents is 1. The van der Waals surface area contributed by atoms with E-state index in [1.807, 2.05) is 13.8 Å². The maximum absolute atomic E-state index is 10.7. The zero-order chi connectivity index (χ0) is 14.7. The number of non-ortho nitro benzene ring substituents is 1. The molecule has 1 N–H and O–H groups in total. The predicted molar refractivity (Wildman–Crippen MR) is 81.3 cm³/mol. The maximum atomic E-state index is 10.7. The Hall–Kier alpha value is -2.07. The second-order valence-corrected chi connectivity index (χ2v) is 5.11. The highest BCUT2D eigenvalue weighted by molar-refractivity contribution is 6.33. The zero-order valence-corrected chi connectivity index (χ0v) is 12.1. The molecule has 0 radical (unpaired) electrons. The largest absolute Gasteiger partial charge is 0.380 e. The minimum Gasteiger partial charge on any atom is -0.380 e. The van der Waals surface area contributed by atoms with Crippen molar-refractivity contribution in [3.05, 3.63) is 68.2 Å². The van der Waals surface area contributed by atoms with Crippen molar-refractivity contribution in [2.24, 2.45) is 0 Å². The molecule has 0 unspecified atom stereocenters. The second kappa shape index (κ2) is 5.92. The summed E-state index contributed by atoms with van der Waals surface area (Å²) in [6.07, 6.45) is 0. The van der Waals surface area contributed by atoms with E-state index in [0.717, 1.165) is 0 Å². The number of halogens is 1. The highest BCUT2D eigenvalue weighted by Gasteiger charge is 2.09. The predicted octanol–water partition coefficient (Wildman–Crippen LogP) is 4.48. The van der Waals surface area contributed by atoms with Gasteiger partial charge in [-0.25, -0.2) is 0 Å². The Kier molecular flexibility index (Phi) is 4.25. The number of benzene rings is 2. The summed E-state index contributed by atoms with van der Waals surface area (Å²) < 4.78 is 0. The minimum atomic E-state index is -0.458. The van der Waals surface area contributed by atoms with Crippen LogP contribution in [0.4, 0.5) is 11.4 Å². The van der Waals surface area contributed by atoms with Gasteiger partial charge in [-0.3, -0.25) is 10.1 Å². The summed E-state index contributed by atoms with van der Waals surface area (Å²) in [4.78, 5) is 10.2. The van der Waals surface area contributed by atoms with Gasteiger partial charge in [0.15, 0.2) is 0 Å². The molecule has 0 aliphatic carbocycles. The summed E-state index contributed by atoms with van der Waals surface area (Å²) >= 11 is 6.04. The normalized spacial score (nSPS) is 10.3. The molecule has 2 rings (SSSR count). The molecule has 0 spiro atoms. The van der Waals surface area contributed by atoms with Crippen molar-refractivity contribution in [1.29, 1.82) is 0 Å². The van der Waals surface area contributed by atoms with Crippen LogP contribution in [0.2, 0.25) is 5.02 Å². The smallest absolute Gasteiger partial charge is 0.271 e. The lowest BCUT2D eigenvalue weighted by atomic mass is 10.1. The van der Waals surface area contributed by atoms with Crippen LogP contribution in [0.5, 0.6) is 0 Å². The van der Waals surface area contributed by atoms with Crippen LogP contribution in [0.1, 0.15) is 16.7 Å². The van der Waals surface area contributed by atoms with Gasteiger partial charge in [-0.2, -0.15) is 0 Å². The fourth-order valence-corrected chi connectivity index (χ4v) is 2.18. The first-order valence-electron chi connectivity index (χ1n) is 6.21. The van der Waals surface area contributed by atoms with Gasteiger partial charge in [0.25, 0.3) is 5.69 Å². The van der Waals surface area contributed by atoms with E-state index >= 15 is 0 Å². The summed E-state index contributed by atoms with van der Waals surface area (Å²) in [5.74, 6) is 0. The third-order valence-corrected chi connectivity index (χ3v) is 3.45. The number of aryl methyl sites for hydroxylation is 2. The van der Waals surface area contributed by atoms with Crippen LogP contribution in [0.15, 0.2) is 36.4 Å². The van der Waals surface area contributed by atoms with Crippen molar-refractivity contribution >= 4 is 23.0 Å². The lowest BCUT2D eigenvalue weighted by Crippen LogP contribution is -2.02. The Morgan fingerprint density at radius 1 is 1.20 bits per heavy atom. The fraction of sp³-hybridized carbons (Fsp3) is 0.200. The number of hydrogen-bond donors (Lipinski definition) is 1. The number of anilines is 1. The number of nitrogens with zero attached hydrogens (tertiary/aromatic N) is 1. The molecule has 0 aliphatic rings. The Balaban J connectivity index is 2.15. The van der Waals surface area contributed by atoms with Gasteiger partial charge in [-0.15, -0.1) is 0 Å². The number of hydrogen-bond acceptors (Lipinski definition) is 3. The second-order valence-electron chi connectivity index (χ2n) is 4.70. The number of nitrogens with one attached hydrogen (secondary N) is 1. The van der Waals surface area contributed by atoms with E-state index in [2.05, 4.69) is 23.5 Å². The molecule has 0 aliphatic heterocycles. The van der Waals surface area contributed by atoms with Crippen LogP contribution in [0, 0.1) is 24.0 Å². The molecule has 20 heavy (non-hydrogen) atoms. The van der Waals surface area contributed by atoms with Gasteiger partial charge >= 0.3 is 0 Å². The van der Waals surface area contributed by atoms with Crippen molar-refractivity contribution in [2.45, 2.75) is 20.4 Å². The molecule has 0 heterocycles. The molecule has 0 fully saturated rings. The summed E-state index contributed by atoms with van der Waals surface area (Å²) in [6, 6.07) is 10.7. The Labute approximate surface area is 122 Å². The van der Waals surface area contributed by atoms with E-state index in [9.17, 15) is 10.1 Å². The third kappa shape index (κ3) is 3.27. The molecular formula is C15H15ClN2O2. The van der Waals surface area contributed by atoms with Gasteiger partial charge < -0.3 is 5.32 Å². The van der Waals surface area contributed by atoms with Gasteiger partial charge in [-0.1, -0.05) is 35.4 Å². The minimum absolute atomic E-state index is 0.00714. The summed E-state index contributed by atoms with van der Waals surface area (Å²) in [7, 11) is 0. The topological polar surface area (TPSA) is 55.2 Å². The summed E-state index contributed by atoms with van der Waals surface area (Å²) in [5.41, 5.74) is 4.26. The summed E-state index contributed by atoms with van der Waals surface area (Å²) in [5, 5.41) is 14.2.